The lowest BCUT2D eigenvalue weighted by atomic mass is 9.90. The molecule has 4 aliphatic rings. The number of nitrogens with one attached hydrogen (secondary N) is 2. The number of piperidine rings is 2. The minimum absolute atomic E-state index is 0.0874. The van der Waals surface area contributed by atoms with Gasteiger partial charge in [-0.1, -0.05) is 12.1 Å². The van der Waals surface area contributed by atoms with Crippen LogP contribution in [0, 0.1) is 5.92 Å². The van der Waals surface area contributed by atoms with E-state index >= 15 is 0 Å². The number of fused-ring (bicyclic) bond motifs is 1. The fourth-order valence-electron chi connectivity index (χ4n) is 5.83. The molecule has 1 aromatic rings. The van der Waals surface area contributed by atoms with Crippen LogP contribution in [0.15, 0.2) is 18.2 Å². The zero-order valence-electron chi connectivity index (χ0n) is 18.8. The zero-order chi connectivity index (χ0) is 22.1. The van der Waals surface area contributed by atoms with Crippen molar-refractivity contribution in [3.8, 4) is 0 Å². The van der Waals surface area contributed by atoms with Crippen LogP contribution in [0.4, 0.5) is 0 Å². The molecule has 0 radical (unpaired) electrons. The molecule has 3 saturated heterocycles. The molecule has 0 bridgehead atoms. The molecule has 172 valence electrons. The third-order valence-corrected chi connectivity index (χ3v) is 7.79. The highest BCUT2D eigenvalue weighted by molar-refractivity contribution is 6.05. The number of rotatable bonds is 6. The molecule has 4 heterocycles. The molecule has 2 atom stereocenters. The molecule has 7 heteroatoms. The van der Waals surface area contributed by atoms with Crippen molar-refractivity contribution in [2.24, 2.45) is 5.92 Å². The molecule has 3 amide bonds. The van der Waals surface area contributed by atoms with Gasteiger partial charge in [-0.2, -0.15) is 0 Å². The number of imide groups is 1. The molecule has 32 heavy (non-hydrogen) atoms. The van der Waals surface area contributed by atoms with E-state index in [1.807, 2.05) is 12.1 Å². The van der Waals surface area contributed by atoms with Crippen LogP contribution < -0.4 is 10.6 Å². The van der Waals surface area contributed by atoms with E-state index in [0.29, 0.717) is 18.5 Å². The quantitative estimate of drug-likeness (QED) is 0.666. The average Bonchev–Trinajstić information content (AvgIpc) is 3.42. The van der Waals surface area contributed by atoms with Gasteiger partial charge in [-0.15, -0.1) is 0 Å². The number of carbonyl (C=O) groups excluding carboxylic acids is 3. The first-order valence-corrected chi connectivity index (χ1v) is 12.3. The van der Waals surface area contributed by atoms with E-state index in [1.165, 1.54) is 45.1 Å². The topological polar surface area (TPSA) is 81.8 Å². The van der Waals surface area contributed by atoms with Gasteiger partial charge in [-0.05, 0) is 87.7 Å². The highest BCUT2D eigenvalue weighted by atomic mass is 16.2. The van der Waals surface area contributed by atoms with Crippen LogP contribution >= 0.6 is 0 Å². The van der Waals surface area contributed by atoms with Crippen molar-refractivity contribution in [1.29, 1.82) is 0 Å². The minimum atomic E-state index is -0.547. The van der Waals surface area contributed by atoms with Crippen LogP contribution in [0.1, 0.15) is 72.9 Å². The van der Waals surface area contributed by atoms with Gasteiger partial charge in [0, 0.05) is 31.1 Å². The highest BCUT2D eigenvalue weighted by Gasteiger charge is 2.39. The van der Waals surface area contributed by atoms with Crippen LogP contribution in [0.3, 0.4) is 0 Å². The first-order chi connectivity index (χ1) is 15.6. The summed E-state index contributed by atoms with van der Waals surface area (Å²) in [5.74, 6) is 0.152. The van der Waals surface area contributed by atoms with Crippen molar-refractivity contribution in [3.05, 3.63) is 34.9 Å². The van der Waals surface area contributed by atoms with Crippen LogP contribution in [0.2, 0.25) is 0 Å². The van der Waals surface area contributed by atoms with Gasteiger partial charge in [-0.25, -0.2) is 0 Å². The summed E-state index contributed by atoms with van der Waals surface area (Å²) in [5.41, 5.74) is 2.85. The van der Waals surface area contributed by atoms with Crippen molar-refractivity contribution in [2.75, 3.05) is 19.6 Å². The summed E-state index contributed by atoms with van der Waals surface area (Å²) in [6.07, 6.45) is 8.56. The smallest absolute Gasteiger partial charge is 0.255 e. The number of carbonyl (C=O) groups is 3. The number of nitrogens with zero attached hydrogens (tertiary/aromatic N) is 2. The maximum atomic E-state index is 13.0. The largest absolute Gasteiger partial charge is 0.322 e. The monoisotopic (exact) mass is 438 g/mol. The van der Waals surface area contributed by atoms with Gasteiger partial charge in [0.25, 0.3) is 5.91 Å². The van der Waals surface area contributed by atoms with Crippen LogP contribution in [-0.2, 0) is 22.7 Å². The zero-order valence-corrected chi connectivity index (χ0v) is 18.8. The third-order valence-electron chi connectivity index (χ3n) is 7.79. The molecular formula is C25H34N4O3. The number of likely N-dealkylation sites (tertiary alicyclic amines) is 1. The molecule has 0 saturated carbocycles. The molecule has 5 rings (SSSR count). The van der Waals surface area contributed by atoms with E-state index in [9.17, 15) is 14.4 Å². The molecule has 0 aliphatic carbocycles. The molecule has 0 aromatic heterocycles. The molecule has 1 aromatic carbocycles. The summed E-state index contributed by atoms with van der Waals surface area (Å²) in [7, 11) is 0. The normalized spacial score (nSPS) is 27.1. The molecular weight excluding hydrogens is 404 g/mol. The number of amides is 3. The predicted molar refractivity (Wildman–Crippen MR) is 121 cm³/mol. The lowest BCUT2D eigenvalue weighted by Crippen LogP contribution is -2.52. The second kappa shape index (κ2) is 9.32. The molecule has 3 fully saturated rings. The standard InChI is InChI=1S/C25H34N4O3/c30-23-8-7-22(24(31)27-23)29-16-19-5-3-18(14-21(19)25(29)32)15-28-12-9-17(10-13-28)4-6-20-2-1-11-26-20/h3,5,14,17,20,22,26H,1-2,4,6-13,15-16H2,(H,27,30,31)/t20-,22?/m0/s1. The molecule has 4 aliphatic heterocycles. The van der Waals surface area contributed by atoms with Gasteiger partial charge >= 0.3 is 0 Å². The lowest BCUT2D eigenvalue weighted by Gasteiger charge is -2.32. The Hall–Kier alpha value is -2.25. The maximum Gasteiger partial charge on any atom is 0.255 e. The Balaban J connectivity index is 1.14. The number of benzene rings is 1. The maximum absolute atomic E-state index is 13.0. The Morgan fingerprint density at radius 3 is 2.59 bits per heavy atom. The number of hydrogen-bond acceptors (Lipinski definition) is 5. The van der Waals surface area contributed by atoms with Gasteiger partial charge in [-0.3, -0.25) is 24.6 Å². The van der Waals surface area contributed by atoms with Crippen molar-refractivity contribution in [1.82, 2.24) is 20.4 Å². The average molecular weight is 439 g/mol. The van der Waals surface area contributed by atoms with E-state index in [1.54, 1.807) is 4.90 Å². The van der Waals surface area contributed by atoms with Crippen molar-refractivity contribution >= 4 is 17.7 Å². The summed E-state index contributed by atoms with van der Waals surface area (Å²) < 4.78 is 0. The van der Waals surface area contributed by atoms with Gasteiger partial charge in [0.15, 0.2) is 0 Å². The first kappa shape index (κ1) is 21.6. The molecule has 1 unspecified atom stereocenters. The SMILES string of the molecule is O=C1CCC(N2Cc3ccc(CN4CCC(CC[C@@H]5CCCN5)CC4)cc3C2=O)C(=O)N1. The Kier molecular flexibility index (Phi) is 6.28. The van der Waals surface area contributed by atoms with Crippen LogP contribution in [-0.4, -0.2) is 59.2 Å². The lowest BCUT2D eigenvalue weighted by molar-refractivity contribution is -0.136. The van der Waals surface area contributed by atoms with E-state index < -0.39 is 6.04 Å². The van der Waals surface area contributed by atoms with E-state index in [0.717, 1.165) is 42.7 Å². The molecule has 7 nitrogen and oxygen atoms in total. The summed E-state index contributed by atoms with van der Waals surface area (Å²) in [5, 5.41) is 5.98. The second-order valence-corrected chi connectivity index (χ2v) is 9.98. The molecule has 0 spiro atoms. The Morgan fingerprint density at radius 2 is 1.84 bits per heavy atom. The van der Waals surface area contributed by atoms with Gasteiger partial charge in [0.05, 0.1) is 0 Å². The van der Waals surface area contributed by atoms with Gasteiger partial charge in [0.2, 0.25) is 11.8 Å². The summed E-state index contributed by atoms with van der Waals surface area (Å²) in [4.78, 5) is 40.8. The van der Waals surface area contributed by atoms with Crippen molar-refractivity contribution < 1.29 is 14.4 Å². The summed E-state index contributed by atoms with van der Waals surface area (Å²) in [6.45, 7) is 4.75. The second-order valence-electron chi connectivity index (χ2n) is 9.98. The van der Waals surface area contributed by atoms with Crippen LogP contribution in [0.5, 0.6) is 0 Å². The molecule has 2 N–H and O–H groups in total. The van der Waals surface area contributed by atoms with Crippen LogP contribution in [0.25, 0.3) is 0 Å². The van der Waals surface area contributed by atoms with E-state index in [-0.39, 0.29) is 24.1 Å². The fourth-order valence-corrected chi connectivity index (χ4v) is 5.83. The first-order valence-electron chi connectivity index (χ1n) is 12.3. The van der Waals surface area contributed by atoms with E-state index in [2.05, 4.69) is 21.6 Å². The van der Waals surface area contributed by atoms with E-state index in [4.69, 9.17) is 0 Å². The summed E-state index contributed by atoms with van der Waals surface area (Å²) >= 11 is 0. The van der Waals surface area contributed by atoms with Gasteiger partial charge < -0.3 is 10.2 Å². The Labute approximate surface area is 189 Å². The van der Waals surface area contributed by atoms with Crippen molar-refractivity contribution in [3.63, 3.8) is 0 Å². The predicted octanol–water partition coefficient (Wildman–Crippen LogP) is 2.19. The minimum Gasteiger partial charge on any atom is -0.322 e. The third kappa shape index (κ3) is 4.59. The fraction of sp³-hybridized carbons (Fsp3) is 0.640. The summed E-state index contributed by atoms with van der Waals surface area (Å²) in [6, 6.07) is 6.38. The Morgan fingerprint density at radius 1 is 1.00 bits per heavy atom. The highest BCUT2D eigenvalue weighted by Crippen LogP contribution is 2.30. The van der Waals surface area contributed by atoms with Gasteiger partial charge in [0.1, 0.15) is 6.04 Å². The van der Waals surface area contributed by atoms with Crippen molar-refractivity contribution in [2.45, 2.75) is 76.5 Å². The number of hydrogen-bond donors (Lipinski definition) is 2. The Bertz CT molecular complexity index is 887.